The molecule has 38 heavy (non-hydrogen) atoms. The van der Waals surface area contributed by atoms with Crippen LogP contribution in [0.25, 0.3) is 0 Å². The SMILES string of the molecule is c1ccc(N(c2ccccc2)c2ccc(S(c3ccccc3)(c3ccccc3)c3ccccc3)cc2)cc1. The van der Waals surface area contributed by atoms with Crippen molar-refractivity contribution in [3.05, 3.63) is 176 Å². The second-order valence-electron chi connectivity index (χ2n) is 9.05. The molecule has 1 nitrogen and oxygen atoms in total. The van der Waals surface area contributed by atoms with Crippen molar-refractivity contribution in [1.29, 1.82) is 0 Å². The van der Waals surface area contributed by atoms with Gasteiger partial charge in [0.1, 0.15) is 0 Å². The van der Waals surface area contributed by atoms with Gasteiger partial charge in [-0.05, 0) is 84.9 Å². The smallest absolute Gasteiger partial charge is 0.0462 e. The number of rotatable bonds is 7. The molecule has 2 heteroatoms. The summed E-state index contributed by atoms with van der Waals surface area (Å²) >= 11 is 0. The number of benzene rings is 6. The van der Waals surface area contributed by atoms with Crippen LogP contribution in [0.5, 0.6) is 0 Å². The van der Waals surface area contributed by atoms with E-state index in [4.69, 9.17) is 0 Å². The van der Waals surface area contributed by atoms with Gasteiger partial charge in [0.15, 0.2) is 0 Å². The average Bonchev–Trinajstić information content (AvgIpc) is 3.01. The highest BCUT2D eigenvalue weighted by Crippen LogP contribution is 2.73. The van der Waals surface area contributed by atoms with E-state index in [2.05, 4.69) is 181 Å². The second-order valence-corrected chi connectivity index (χ2v) is 12.2. The normalized spacial score (nSPS) is 11.6. The molecule has 6 aromatic carbocycles. The van der Waals surface area contributed by atoms with Crippen LogP contribution in [-0.2, 0) is 0 Å². The molecule has 0 N–H and O–H groups in total. The average molecular weight is 508 g/mol. The summed E-state index contributed by atoms with van der Waals surface area (Å²) in [5.41, 5.74) is 3.41. The zero-order chi connectivity index (χ0) is 25.6. The summed E-state index contributed by atoms with van der Waals surface area (Å²) in [5.74, 6) is 0. The van der Waals surface area contributed by atoms with Crippen molar-refractivity contribution >= 4 is 27.1 Å². The molecule has 0 saturated carbocycles. The Morgan fingerprint density at radius 3 is 0.868 bits per heavy atom. The van der Waals surface area contributed by atoms with E-state index in [9.17, 15) is 0 Å². The summed E-state index contributed by atoms with van der Waals surface area (Å²) < 4.78 is 0. The summed E-state index contributed by atoms with van der Waals surface area (Å²) in [6.07, 6.45) is 0. The first-order valence-electron chi connectivity index (χ1n) is 12.9. The Balaban J connectivity index is 1.56. The molecule has 0 amide bonds. The molecule has 0 atom stereocenters. The fourth-order valence-corrected chi connectivity index (χ4v) is 8.96. The van der Waals surface area contributed by atoms with Gasteiger partial charge in [-0.3, -0.25) is 0 Å². The quantitative estimate of drug-likeness (QED) is 0.208. The Morgan fingerprint density at radius 2 is 0.526 bits per heavy atom. The second kappa shape index (κ2) is 10.8. The summed E-state index contributed by atoms with van der Waals surface area (Å²) in [5, 5.41) is 0. The highest BCUT2D eigenvalue weighted by atomic mass is 32.3. The molecule has 0 fully saturated rings. The molecule has 0 heterocycles. The standard InChI is InChI=1S/C36H29NS/c1-6-16-30(17-7-1)37(31-18-8-2-9-19-31)32-26-28-36(29-27-32)38(33-20-10-3-11-21-33,34-22-12-4-13-23-34)35-24-14-5-15-25-35/h1-29H. The van der Waals surface area contributed by atoms with E-state index < -0.39 is 10.0 Å². The van der Waals surface area contributed by atoms with Crippen LogP contribution in [0.3, 0.4) is 0 Å². The Bertz CT molecular complexity index is 1430. The van der Waals surface area contributed by atoms with Crippen molar-refractivity contribution in [3.63, 3.8) is 0 Å². The third kappa shape index (κ3) is 4.40. The molecule has 0 aliphatic heterocycles. The van der Waals surface area contributed by atoms with Gasteiger partial charge < -0.3 is 4.90 Å². The lowest BCUT2D eigenvalue weighted by atomic mass is 10.2. The lowest BCUT2D eigenvalue weighted by Crippen LogP contribution is -2.10. The third-order valence-corrected chi connectivity index (χ3v) is 10.7. The number of para-hydroxylation sites is 2. The first-order chi connectivity index (χ1) is 18.9. The maximum atomic E-state index is 2.33. The van der Waals surface area contributed by atoms with Crippen molar-refractivity contribution in [2.75, 3.05) is 4.90 Å². The van der Waals surface area contributed by atoms with Gasteiger partial charge >= 0.3 is 0 Å². The van der Waals surface area contributed by atoms with Crippen LogP contribution in [0, 0.1) is 0 Å². The van der Waals surface area contributed by atoms with Crippen LogP contribution >= 0.6 is 10.0 Å². The van der Waals surface area contributed by atoms with Crippen LogP contribution in [0.2, 0.25) is 0 Å². The Labute approximate surface area is 227 Å². The Hall–Kier alpha value is -4.53. The first kappa shape index (κ1) is 23.8. The third-order valence-electron chi connectivity index (χ3n) is 6.77. The van der Waals surface area contributed by atoms with E-state index in [-0.39, 0.29) is 0 Å². The summed E-state index contributed by atoms with van der Waals surface area (Å²) in [6.45, 7) is 0. The van der Waals surface area contributed by atoms with Crippen LogP contribution in [0.15, 0.2) is 196 Å². The molecule has 0 spiro atoms. The van der Waals surface area contributed by atoms with Crippen molar-refractivity contribution in [3.8, 4) is 0 Å². The minimum atomic E-state index is -1.70. The fourth-order valence-electron chi connectivity index (χ4n) is 5.09. The maximum Gasteiger partial charge on any atom is 0.0462 e. The number of hydrogen-bond acceptors (Lipinski definition) is 1. The molecule has 0 radical (unpaired) electrons. The van der Waals surface area contributed by atoms with Gasteiger partial charge in [0.05, 0.1) is 0 Å². The van der Waals surface area contributed by atoms with Crippen LogP contribution in [0.1, 0.15) is 0 Å². The van der Waals surface area contributed by atoms with Crippen molar-refractivity contribution in [1.82, 2.24) is 0 Å². The largest absolute Gasteiger partial charge is 0.311 e. The van der Waals surface area contributed by atoms with Crippen LogP contribution in [0.4, 0.5) is 17.1 Å². The molecule has 6 rings (SSSR count). The summed E-state index contributed by atoms with van der Waals surface area (Å²) in [7, 11) is -1.70. The number of hydrogen-bond donors (Lipinski definition) is 0. The van der Waals surface area contributed by atoms with E-state index >= 15 is 0 Å². The van der Waals surface area contributed by atoms with E-state index in [1.807, 2.05) is 0 Å². The molecule has 0 bridgehead atoms. The van der Waals surface area contributed by atoms with Crippen molar-refractivity contribution < 1.29 is 0 Å². The molecule has 0 aliphatic rings. The van der Waals surface area contributed by atoms with Crippen molar-refractivity contribution in [2.24, 2.45) is 0 Å². The van der Waals surface area contributed by atoms with E-state index in [1.54, 1.807) is 0 Å². The van der Waals surface area contributed by atoms with Gasteiger partial charge in [-0.1, -0.05) is 91.0 Å². The van der Waals surface area contributed by atoms with Crippen molar-refractivity contribution in [2.45, 2.75) is 19.6 Å². The van der Waals surface area contributed by atoms with Crippen LogP contribution < -0.4 is 4.90 Å². The zero-order valence-corrected chi connectivity index (χ0v) is 21.9. The molecule has 184 valence electrons. The van der Waals surface area contributed by atoms with Crippen LogP contribution in [-0.4, -0.2) is 0 Å². The molecular formula is C36H29NS. The predicted octanol–water partition coefficient (Wildman–Crippen LogP) is 10.5. The monoisotopic (exact) mass is 507 g/mol. The van der Waals surface area contributed by atoms with E-state index in [0.29, 0.717) is 0 Å². The van der Waals surface area contributed by atoms with Gasteiger partial charge in [-0.2, -0.15) is 0 Å². The molecule has 6 aromatic rings. The molecule has 0 unspecified atom stereocenters. The summed E-state index contributed by atoms with van der Waals surface area (Å²) in [6, 6.07) is 63.3. The minimum absolute atomic E-state index is 1.13. The summed E-state index contributed by atoms with van der Waals surface area (Å²) in [4.78, 5) is 7.61. The minimum Gasteiger partial charge on any atom is -0.311 e. The maximum absolute atomic E-state index is 2.33. The van der Waals surface area contributed by atoms with Gasteiger partial charge in [-0.15, -0.1) is 10.0 Å². The highest BCUT2D eigenvalue weighted by molar-refractivity contribution is 8.34. The molecule has 0 saturated heterocycles. The zero-order valence-electron chi connectivity index (χ0n) is 21.1. The van der Waals surface area contributed by atoms with Gasteiger partial charge in [0.2, 0.25) is 0 Å². The molecular weight excluding hydrogens is 478 g/mol. The van der Waals surface area contributed by atoms with E-state index in [0.717, 1.165) is 17.1 Å². The first-order valence-corrected chi connectivity index (χ1v) is 14.5. The predicted molar refractivity (Wildman–Crippen MR) is 161 cm³/mol. The van der Waals surface area contributed by atoms with E-state index in [1.165, 1.54) is 19.6 Å². The van der Waals surface area contributed by atoms with Gasteiger partial charge in [0, 0.05) is 36.6 Å². The lowest BCUT2D eigenvalue weighted by Gasteiger charge is -2.42. The number of anilines is 3. The fraction of sp³-hybridized carbons (Fsp3) is 0. The van der Waals surface area contributed by atoms with Gasteiger partial charge in [0.25, 0.3) is 0 Å². The Kier molecular flexibility index (Phi) is 6.80. The Morgan fingerprint density at radius 1 is 0.263 bits per heavy atom. The highest BCUT2D eigenvalue weighted by Gasteiger charge is 2.33. The number of nitrogens with zero attached hydrogens (tertiary/aromatic N) is 1. The molecule has 0 aromatic heterocycles. The topological polar surface area (TPSA) is 3.24 Å². The van der Waals surface area contributed by atoms with Gasteiger partial charge in [-0.25, -0.2) is 0 Å². The lowest BCUT2D eigenvalue weighted by molar-refractivity contribution is 1.22. The molecule has 0 aliphatic carbocycles.